The van der Waals surface area contributed by atoms with Crippen molar-refractivity contribution in [3.05, 3.63) is 68.9 Å². The van der Waals surface area contributed by atoms with E-state index in [0.717, 1.165) is 6.07 Å². The highest BCUT2D eigenvalue weighted by Crippen LogP contribution is 2.17. The molecular formula is C16H13BrClFN2O2. The standard InChI is InChI=1S/C16H13BrClFN2O2/c17-14-6-5-12(19)9-13(14)16(23)21-8-7-20-15(22)10-1-3-11(18)4-2-10/h1-6,9H,7-8H2,(H,20,22)(H,21,23). The molecule has 2 N–H and O–H groups in total. The Morgan fingerprint density at radius 3 is 2.26 bits per heavy atom. The maximum Gasteiger partial charge on any atom is 0.252 e. The van der Waals surface area contributed by atoms with Crippen LogP contribution in [0.4, 0.5) is 4.39 Å². The average molecular weight is 400 g/mol. The van der Waals surface area contributed by atoms with Gasteiger partial charge in [0.25, 0.3) is 11.8 Å². The molecule has 2 amide bonds. The van der Waals surface area contributed by atoms with Crippen LogP contribution < -0.4 is 10.6 Å². The summed E-state index contributed by atoms with van der Waals surface area (Å²) in [6, 6.07) is 10.3. The van der Waals surface area contributed by atoms with Crippen molar-refractivity contribution in [2.24, 2.45) is 0 Å². The van der Waals surface area contributed by atoms with Crippen LogP contribution in [-0.2, 0) is 0 Å². The summed E-state index contributed by atoms with van der Waals surface area (Å²) in [6.45, 7) is 0.473. The van der Waals surface area contributed by atoms with Crippen molar-refractivity contribution < 1.29 is 14.0 Å². The second-order valence-electron chi connectivity index (χ2n) is 4.64. The second-order valence-corrected chi connectivity index (χ2v) is 5.93. The van der Waals surface area contributed by atoms with Crippen molar-refractivity contribution in [3.63, 3.8) is 0 Å². The number of carbonyl (C=O) groups excluding carboxylic acids is 2. The fourth-order valence-electron chi connectivity index (χ4n) is 1.82. The van der Waals surface area contributed by atoms with Crippen LogP contribution in [0.2, 0.25) is 5.02 Å². The Kier molecular flexibility index (Phi) is 6.12. The van der Waals surface area contributed by atoms with Crippen LogP contribution in [0.25, 0.3) is 0 Å². The van der Waals surface area contributed by atoms with Crippen LogP contribution in [0.3, 0.4) is 0 Å². The van der Waals surface area contributed by atoms with Gasteiger partial charge in [0.05, 0.1) is 5.56 Å². The first-order valence-electron chi connectivity index (χ1n) is 6.74. The maximum absolute atomic E-state index is 13.2. The van der Waals surface area contributed by atoms with E-state index < -0.39 is 11.7 Å². The molecule has 0 fully saturated rings. The van der Waals surface area contributed by atoms with Gasteiger partial charge < -0.3 is 10.6 Å². The number of carbonyl (C=O) groups is 2. The highest BCUT2D eigenvalue weighted by Gasteiger charge is 2.11. The van der Waals surface area contributed by atoms with Crippen molar-refractivity contribution in [1.82, 2.24) is 10.6 Å². The Hall–Kier alpha value is -1.92. The molecule has 4 nitrogen and oxygen atoms in total. The average Bonchev–Trinajstić information content (AvgIpc) is 2.54. The zero-order valence-electron chi connectivity index (χ0n) is 11.9. The van der Waals surface area contributed by atoms with Gasteiger partial charge in [0, 0.05) is 28.1 Å². The quantitative estimate of drug-likeness (QED) is 0.757. The summed E-state index contributed by atoms with van der Waals surface area (Å²) in [5.41, 5.74) is 0.683. The van der Waals surface area contributed by atoms with E-state index in [0.29, 0.717) is 15.1 Å². The molecule has 0 unspecified atom stereocenters. The third-order valence-electron chi connectivity index (χ3n) is 2.98. The summed E-state index contributed by atoms with van der Waals surface area (Å²) < 4.78 is 13.7. The maximum atomic E-state index is 13.2. The van der Waals surface area contributed by atoms with Gasteiger partial charge in [0.1, 0.15) is 5.82 Å². The second kappa shape index (κ2) is 8.08. The molecule has 0 saturated heterocycles. The number of nitrogens with one attached hydrogen (secondary N) is 2. The summed E-state index contributed by atoms with van der Waals surface area (Å²) in [5.74, 6) is -1.17. The van der Waals surface area contributed by atoms with E-state index in [9.17, 15) is 14.0 Å². The van der Waals surface area contributed by atoms with Crippen molar-refractivity contribution in [2.45, 2.75) is 0 Å². The van der Waals surface area contributed by atoms with Crippen molar-refractivity contribution in [2.75, 3.05) is 13.1 Å². The minimum Gasteiger partial charge on any atom is -0.350 e. The first-order valence-corrected chi connectivity index (χ1v) is 7.91. The molecule has 0 atom stereocenters. The fourth-order valence-corrected chi connectivity index (χ4v) is 2.37. The van der Waals surface area contributed by atoms with E-state index >= 15 is 0 Å². The van der Waals surface area contributed by atoms with Gasteiger partial charge in [-0.2, -0.15) is 0 Å². The number of halogens is 3. The number of amides is 2. The Morgan fingerprint density at radius 2 is 1.61 bits per heavy atom. The highest BCUT2D eigenvalue weighted by atomic mass is 79.9. The third kappa shape index (κ3) is 5.04. The first-order chi connectivity index (χ1) is 11.0. The largest absolute Gasteiger partial charge is 0.350 e. The zero-order valence-corrected chi connectivity index (χ0v) is 14.2. The summed E-state index contributed by atoms with van der Waals surface area (Å²) >= 11 is 8.94. The predicted octanol–water partition coefficient (Wildman–Crippen LogP) is 3.40. The van der Waals surface area contributed by atoms with Gasteiger partial charge in [-0.25, -0.2) is 4.39 Å². The zero-order chi connectivity index (χ0) is 16.8. The van der Waals surface area contributed by atoms with Crippen LogP contribution in [-0.4, -0.2) is 24.9 Å². The molecule has 0 heterocycles. The molecular weight excluding hydrogens is 387 g/mol. The van der Waals surface area contributed by atoms with Gasteiger partial charge >= 0.3 is 0 Å². The fraction of sp³-hybridized carbons (Fsp3) is 0.125. The van der Waals surface area contributed by atoms with Gasteiger partial charge in [-0.15, -0.1) is 0 Å². The van der Waals surface area contributed by atoms with E-state index in [2.05, 4.69) is 26.6 Å². The third-order valence-corrected chi connectivity index (χ3v) is 3.92. The topological polar surface area (TPSA) is 58.2 Å². The predicted molar refractivity (Wildman–Crippen MR) is 90.2 cm³/mol. The minimum atomic E-state index is -0.491. The van der Waals surface area contributed by atoms with Gasteiger partial charge in [-0.3, -0.25) is 9.59 Å². The molecule has 0 radical (unpaired) electrons. The first kappa shape index (κ1) is 17.4. The number of hydrogen-bond donors (Lipinski definition) is 2. The van der Waals surface area contributed by atoms with Gasteiger partial charge in [-0.1, -0.05) is 11.6 Å². The molecule has 2 aromatic carbocycles. The Bertz CT molecular complexity index is 723. The molecule has 0 aromatic heterocycles. The molecule has 2 aromatic rings. The minimum absolute atomic E-state index is 0.203. The van der Waals surface area contributed by atoms with E-state index in [1.807, 2.05) is 0 Å². The van der Waals surface area contributed by atoms with Gasteiger partial charge in [0.2, 0.25) is 0 Å². The van der Waals surface area contributed by atoms with Crippen molar-refractivity contribution >= 4 is 39.3 Å². The van der Waals surface area contributed by atoms with Gasteiger partial charge in [-0.05, 0) is 58.4 Å². The Morgan fingerprint density at radius 1 is 1.00 bits per heavy atom. The summed E-state index contributed by atoms with van der Waals surface area (Å²) in [5, 5.41) is 5.83. The Labute approximate surface area is 146 Å². The van der Waals surface area contributed by atoms with E-state index in [4.69, 9.17) is 11.6 Å². The molecule has 0 bridgehead atoms. The van der Waals surface area contributed by atoms with Crippen molar-refractivity contribution in [1.29, 1.82) is 0 Å². The molecule has 23 heavy (non-hydrogen) atoms. The monoisotopic (exact) mass is 398 g/mol. The number of hydrogen-bond acceptors (Lipinski definition) is 2. The van der Waals surface area contributed by atoms with Gasteiger partial charge in [0.15, 0.2) is 0 Å². The lowest BCUT2D eigenvalue weighted by Gasteiger charge is -2.08. The number of rotatable bonds is 5. The van der Waals surface area contributed by atoms with Crippen LogP contribution in [0, 0.1) is 5.82 Å². The normalized spacial score (nSPS) is 10.2. The molecule has 2 rings (SSSR count). The van der Waals surface area contributed by atoms with Crippen molar-refractivity contribution in [3.8, 4) is 0 Å². The number of benzene rings is 2. The molecule has 0 aliphatic heterocycles. The summed E-state index contributed by atoms with van der Waals surface area (Å²) in [6.07, 6.45) is 0. The smallest absolute Gasteiger partial charge is 0.252 e. The van der Waals surface area contributed by atoms with E-state index in [-0.39, 0.29) is 24.6 Å². The lowest BCUT2D eigenvalue weighted by Crippen LogP contribution is -2.34. The Balaban J connectivity index is 1.81. The van der Waals surface area contributed by atoms with E-state index in [1.54, 1.807) is 24.3 Å². The van der Waals surface area contributed by atoms with Crippen LogP contribution >= 0.6 is 27.5 Å². The molecule has 0 spiro atoms. The lowest BCUT2D eigenvalue weighted by atomic mass is 10.2. The molecule has 0 aliphatic rings. The summed E-state index contributed by atoms with van der Waals surface area (Å²) in [7, 11) is 0. The molecule has 7 heteroatoms. The van der Waals surface area contributed by atoms with Crippen LogP contribution in [0.15, 0.2) is 46.9 Å². The molecule has 120 valence electrons. The lowest BCUT2D eigenvalue weighted by molar-refractivity contribution is 0.0927. The molecule has 0 aliphatic carbocycles. The molecule has 0 saturated carbocycles. The van der Waals surface area contributed by atoms with E-state index in [1.165, 1.54) is 12.1 Å². The van der Waals surface area contributed by atoms with Crippen LogP contribution in [0.5, 0.6) is 0 Å². The highest BCUT2D eigenvalue weighted by molar-refractivity contribution is 9.10. The summed E-state index contributed by atoms with van der Waals surface area (Å²) in [4.78, 5) is 23.8. The SMILES string of the molecule is O=C(NCCNC(=O)c1cc(F)ccc1Br)c1ccc(Cl)cc1. The van der Waals surface area contributed by atoms with Crippen LogP contribution in [0.1, 0.15) is 20.7 Å².